The van der Waals surface area contributed by atoms with Gasteiger partial charge in [-0.2, -0.15) is 13.2 Å². The van der Waals surface area contributed by atoms with Crippen molar-refractivity contribution in [1.29, 1.82) is 0 Å². The largest absolute Gasteiger partial charge is 0.508 e. The number of aryl methyl sites for hydroxylation is 1. The number of benzene rings is 1. The van der Waals surface area contributed by atoms with Crippen LogP contribution in [0.2, 0.25) is 0 Å². The van der Waals surface area contributed by atoms with Crippen LogP contribution in [0.3, 0.4) is 0 Å². The molecule has 2 aromatic rings. The van der Waals surface area contributed by atoms with Gasteiger partial charge in [0.05, 0.1) is 0 Å². The van der Waals surface area contributed by atoms with E-state index >= 15 is 0 Å². The van der Waals surface area contributed by atoms with Gasteiger partial charge in [-0.1, -0.05) is 0 Å². The average Bonchev–Trinajstić information content (AvgIpc) is 2.78. The molecule has 0 unspecified atom stereocenters. The Morgan fingerprint density at radius 3 is 2.67 bits per heavy atom. The van der Waals surface area contributed by atoms with Crippen LogP contribution in [0.25, 0.3) is 0 Å². The number of alkyl halides is 3. The van der Waals surface area contributed by atoms with Crippen LogP contribution in [0.15, 0.2) is 36.5 Å². The van der Waals surface area contributed by atoms with Crippen LogP contribution in [0.1, 0.15) is 16.1 Å². The van der Waals surface area contributed by atoms with Crippen molar-refractivity contribution >= 4 is 11.6 Å². The second-order valence-corrected chi connectivity index (χ2v) is 4.59. The number of hydrogen-bond acceptors (Lipinski definition) is 2. The first-order chi connectivity index (χ1) is 9.76. The SMILES string of the molecule is Cc1cc(O)ccc1NC(=O)c1cccn1CC(F)(F)F. The van der Waals surface area contributed by atoms with Crippen LogP contribution in [0.4, 0.5) is 18.9 Å². The normalized spacial score (nSPS) is 11.4. The molecular weight excluding hydrogens is 285 g/mol. The Labute approximate surface area is 118 Å². The summed E-state index contributed by atoms with van der Waals surface area (Å²) in [5.41, 5.74) is 0.953. The van der Waals surface area contributed by atoms with E-state index in [0.717, 1.165) is 4.57 Å². The smallest absolute Gasteiger partial charge is 0.406 e. The minimum absolute atomic E-state index is 0.0472. The highest BCUT2D eigenvalue weighted by atomic mass is 19.4. The van der Waals surface area contributed by atoms with Gasteiger partial charge in [0.1, 0.15) is 18.0 Å². The number of amides is 1. The molecule has 1 heterocycles. The van der Waals surface area contributed by atoms with Gasteiger partial charge in [-0.05, 0) is 42.8 Å². The number of phenolic OH excluding ortho intramolecular Hbond substituents is 1. The maximum absolute atomic E-state index is 12.4. The zero-order valence-electron chi connectivity index (χ0n) is 11.1. The summed E-state index contributed by atoms with van der Waals surface area (Å²) in [7, 11) is 0. The van der Waals surface area contributed by atoms with Gasteiger partial charge >= 0.3 is 6.18 Å². The summed E-state index contributed by atoms with van der Waals surface area (Å²) in [6.07, 6.45) is -3.20. The number of rotatable bonds is 3. The van der Waals surface area contributed by atoms with Crippen LogP contribution in [0.5, 0.6) is 5.75 Å². The molecule has 1 amide bonds. The predicted molar refractivity (Wildman–Crippen MR) is 71.3 cm³/mol. The van der Waals surface area contributed by atoms with Crippen molar-refractivity contribution in [2.24, 2.45) is 0 Å². The number of hydrogen-bond donors (Lipinski definition) is 2. The number of carbonyl (C=O) groups excluding carboxylic acids is 1. The predicted octanol–water partition coefficient (Wildman–Crippen LogP) is 3.32. The van der Waals surface area contributed by atoms with E-state index in [9.17, 15) is 23.1 Å². The van der Waals surface area contributed by atoms with E-state index in [1.807, 2.05) is 0 Å². The highest BCUT2D eigenvalue weighted by molar-refractivity contribution is 6.03. The fourth-order valence-electron chi connectivity index (χ4n) is 1.93. The average molecular weight is 298 g/mol. The molecule has 0 fully saturated rings. The van der Waals surface area contributed by atoms with Crippen molar-refractivity contribution in [3.8, 4) is 5.75 Å². The van der Waals surface area contributed by atoms with Gasteiger partial charge in [0, 0.05) is 11.9 Å². The van der Waals surface area contributed by atoms with Crippen LogP contribution in [-0.4, -0.2) is 21.8 Å². The minimum Gasteiger partial charge on any atom is -0.508 e. The summed E-state index contributed by atoms with van der Waals surface area (Å²) in [6, 6.07) is 7.02. The Kier molecular flexibility index (Phi) is 3.93. The third kappa shape index (κ3) is 3.77. The maximum atomic E-state index is 12.4. The number of carbonyl (C=O) groups is 1. The van der Waals surface area contributed by atoms with Crippen molar-refractivity contribution in [3.63, 3.8) is 0 Å². The van der Waals surface area contributed by atoms with Gasteiger partial charge in [0.15, 0.2) is 0 Å². The van der Waals surface area contributed by atoms with E-state index in [-0.39, 0.29) is 11.4 Å². The van der Waals surface area contributed by atoms with Gasteiger partial charge in [0.2, 0.25) is 0 Å². The van der Waals surface area contributed by atoms with Crippen molar-refractivity contribution in [3.05, 3.63) is 47.8 Å². The third-order valence-corrected chi connectivity index (χ3v) is 2.87. The van der Waals surface area contributed by atoms with Crippen molar-refractivity contribution in [2.45, 2.75) is 19.6 Å². The maximum Gasteiger partial charge on any atom is 0.406 e. The quantitative estimate of drug-likeness (QED) is 0.854. The molecule has 4 nitrogen and oxygen atoms in total. The van der Waals surface area contributed by atoms with Crippen LogP contribution in [-0.2, 0) is 6.54 Å². The fourth-order valence-corrected chi connectivity index (χ4v) is 1.93. The molecule has 0 aliphatic rings. The molecule has 0 spiro atoms. The van der Waals surface area contributed by atoms with E-state index < -0.39 is 18.6 Å². The molecule has 0 saturated heterocycles. The van der Waals surface area contributed by atoms with Gasteiger partial charge in [-0.25, -0.2) is 0 Å². The van der Waals surface area contributed by atoms with Crippen LogP contribution >= 0.6 is 0 Å². The molecule has 1 aromatic heterocycles. The molecule has 112 valence electrons. The monoisotopic (exact) mass is 298 g/mol. The van der Waals surface area contributed by atoms with Gasteiger partial charge < -0.3 is 15.0 Å². The molecule has 0 aliphatic carbocycles. The zero-order valence-corrected chi connectivity index (χ0v) is 11.1. The van der Waals surface area contributed by atoms with Crippen LogP contribution in [0, 0.1) is 6.92 Å². The van der Waals surface area contributed by atoms with Crippen molar-refractivity contribution in [1.82, 2.24) is 4.57 Å². The molecule has 7 heteroatoms. The lowest BCUT2D eigenvalue weighted by Gasteiger charge is -2.13. The highest BCUT2D eigenvalue weighted by Gasteiger charge is 2.29. The fraction of sp³-hybridized carbons (Fsp3) is 0.214. The number of nitrogens with zero attached hydrogens (tertiary/aromatic N) is 1. The number of halogens is 3. The zero-order chi connectivity index (χ0) is 15.6. The lowest BCUT2D eigenvalue weighted by molar-refractivity contribution is -0.140. The van der Waals surface area contributed by atoms with Gasteiger partial charge in [-0.15, -0.1) is 0 Å². The standard InChI is InChI=1S/C14H13F3N2O2/c1-9-7-10(20)4-5-11(9)18-13(21)12-3-2-6-19(12)8-14(15,16)17/h2-7,20H,8H2,1H3,(H,18,21). The first kappa shape index (κ1) is 15.0. The van der Waals surface area contributed by atoms with E-state index in [1.54, 1.807) is 6.92 Å². The first-order valence-electron chi connectivity index (χ1n) is 6.09. The van der Waals surface area contributed by atoms with E-state index in [0.29, 0.717) is 11.3 Å². The van der Waals surface area contributed by atoms with E-state index in [2.05, 4.69) is 5.32 Å². The van der Waals surface area contributed by atoms with E-state index in [1.165, 1.54) is 36.5 Å². The number of nitrogens with one attached hydrogen (secondary N) is 1. The molecule has 0 bridgehead atoms. The lowest BCUT2D eigenvalue weighted by atomic mass is 10.2. The number of anilines is 1. The Bertz CT molecular complexity index is 662. The van der Waals surface area contributed by atoms with Gasteiger partial charge in [-0.3, -0.25) is 4.79 Å². The number of aromatic hydroxyl groups is 1. The summed E-state index contributed by atoms with van der Waals surface area (Å²) < 4.78 is 38.1. The molecule has 1 aromatic carbocycles. The van der Waals surface area contributed by atoms with Crippen LogP contribution < -0.4 is 5.32 Å². The summed E-state index contributed by atoms with van der Waals surface area (Å²) in [4.78, 5) is 12.1. The molecule has 0 aliphatic heterocycles. The van der Waals surface area contributed by atoms with Gasteiger partial charge in [0.25, 0.3) is 5.91 Å². The molecule has 0 radical (unpaired) electrons. The summed E-state index contributed by atoms with van der Waals surface area (Å²) in [6.45, 7) is 0.446. The lowest BCUT2D eigenvalue weighted by Crippen LogP contribution is -2.23. The number of aromatic nitrogens is 1. The Balaban J connectivity index is 2.19. The molecular formula is C14H13F3N2O2. The molecule has 2 rings (SSSR count). The first-order valence-corrected chi connectivity index (χ1v) is 6.09. The van der Waals surface area contributed by atoms with Crippen molar-refractivity contribution in [2.75, 3.05) is 5.32 Å². The van der Waals surface area contributed by atoms with Crippen molar-refractivity contribution < 1.29 is 23.1 Å². The second kappa shape index (κ2) is 5.51. The van der Waals surface area contributed by atoms with E-state index in [4.69, 9.17) is 0 Å². The third-order valence-electron chi connectivity index (χ3n) is 2.87. The summed E-state index contributed by atoms with van der Waals surface area (Å²) >= 11 is 0. The highest BCUT2D eigenvalue weighted by Crippen LogP contribution is 2.22. The molecule has 2 N–H and O–H groups in total. The molecule has 0 saturated carbocycles. The molecule has 0 atom stereocenters. The Morgan fingerprint density at radius 1 is 1.33 bits per heavy atom. The number of phenols is 1. The Morgan fingerprint density at radius 2 is 2.05 bits per heavy atom. The molecule has 21 heavy (non-hydrogen) atoms. The topological polar surface area (TPSA) is 54.3 Å². The summed E-state index contributed by atoms with van der Waals surface area (Å²) in [5.74, 6) is -0.594. The Hall–Kier alpha value is -2.44. The second-order valence-electron chi connectivity index (χ2n) is 4.59. The summed E-state index contributed by atoms with van der Waals surface area (Å²) in [5, 5.41) is 11.8. The minimum atomic E-state index is -4.40.